The molecule has 0 unspecified atom stereocenters. The molecular formula is C14H13ClN4. The molecule has 3 aromatic rings. The molecule has 0 amide bonds. The van der Waals surface area contributed by atoms with Gasteiger partial charge < -0.3 is 10.3 Å². The zero-order valence-corrected chi connectivity index (χ0v) is 11.0. The lowest BCUT2D eigenvalue weighted by molar-refractivity contribution is 0.671. The van der Waals surface area contributed by atoms with E-state index in [1.54, 1.807) is 12.4 Å². The highest BCUT2D eigenvalue weighted by Gasteiger charge is 2.04. The van der Waals surface area contributed by atoms with Crippen LogP contribution in [0.4, 0.5) is 0 Å². The highest BCUT2D eigenvalue weighted by atomic mass is 35.5. The molecule has 3 aromatic heterocycles. The van der Waals surface area contributed by atoms with Crippen LogP contribution in [-0.2, 0) is 13.1 Å². The van der Waals surface area contributed by atoms with Crippen LogP contribution in [0.15, 0.2) is 42.7 Å². The Balaban J connectivity index is 1.67. The minimum atomic E-state index is 0.508. The van der Waals surface area contributed by atoms with Crippen molar-refractivity contribution in [2.75, 3.05) is 0 Å². The highest BCUT2D eigenvalue weighted by molar-refractivity contribution is 6.33. The van der Waals surface area contributed by atoms with Gasteiger partial charge >= 0.3 is 0 Å². The van der Waals surface area contributed by atoms with E-state index in [9.17, 15) is 0 Å². The smallest absolute Gasteiger partial charge is 0.153 e. The highest BCUT2D eigenvalue weighted by Crippen LogP contribution is 2.20. The van der Waals surface area contributed by atoms with Gasteiger partial charge in [-0.2, -0.15) is 0 Å². The van der Waals surface area contributed by atoms with Crippen LogP contribution in [0.5, 0.6) is 0 Å². The second kappa shape index (κ2) is 5.38. The number of aromatic nitrogens is 3. The van der Waals surface area contributed by atoms with Crippen molar-refractivity contribution in [3.05, 3.63) is 59.3 Å². The van der Waals surface area contributed by atoms with Crippen molar-refractivity contribution >= 4 is 22.5 Å². The van der Waals surface area contributed by atoms with Gasteiger partial charge in [0.05, 0.1) is 11.2 Å². The fourth-order valence-electron chi connectivity index (χ4n) is 2.00. The molecule has 96 valence electrons. The molecule has 0 bridgehead atoms. The number of rotatable bonds is 4. The van der Waals surface area contributed by atoms with E-state index in [1.165, 1.54) is 0 Å². The summed E-state index contributed by atoms with van der Waals surface area (Å²) in [6.45, 7) is 1.48. The third-order valence-corrected chi connectivity index (χ3v) is 3.19. The third kappa shape index (κ3) is 2.75. The lowest BCUT2D eigenvalue weighted by Gasteiger charge is -2.02. The van der Waals surface area contributed by atoms with Crippen LogP contribution in [0.2, 0.25) is 5.15 Å². The Hall–Kier alpha value is -1.91. The lowest BCUT2D eigenvalue weighted by atomic mass is 10.3. The average Bonchev–Trinajstić information content (AvgIpc) is 2.84. The zero-order chi connectivity index (χ0) is 13.1. The van der Waals surface area contributed by atoms with Crippen molar-refractivity contribution in [2.45, 2.75) is 13.1 Å². The van der Waals surface area contributed by atoms with Gasteiger partial charge in [0.25, 0.3) is 0 Å². The van der Waals surface area contributed by atoms with E-state index in [2.05, 4.69) is 26.3 Å². The number of H-pyrrole nitrogens is 1. The first kappa shape index (κ1) is 12.1. The molecule has 3 rings (SSSR count). The van der Waals surface area contributed by atoms with Crippen molar-refractivity contribution in [3.8, 4) is 0 Å². The molecule has 0 aliphatic carbocycles. The summed E-state index contributed by atoms with van der Waals surface area (Å²) in [6.07, 6.45) is 3.51. The second-order valence-electron chi connectivity index (χ2n) is 4.29. The summed E-state index contributed by atoms with van der Waals surface area (Å²) in [6, 6.07) is 9.92. The summed E-state index contributed by atoms with van der Waals surface area (Å²) in [5.41, 5.74) is 3.00. The minimum Gasteiger partial charge on any atom is -0.355 e. The lowest BCUT2D eigenvalue weighted by Crippen LogP contribution is -2.13. The average molecular weight is 273 g/mol. The first-order valence-corrected chi connectivity index (χ1v) is 6.43. The Morgan fingerprint density at radius 2 is 2.05 bits per heavy atom. The molecular weight excluding hydrogens is 260 g/mol. The SMILES string of the molecule is Clc1nccc2cc(CNCc3ccccn3)[nH]c12. The minimum absolute atomic E-state index is 0.508. The summed E-state index contributed by atoms with van der Waals surface area (Å²) in [4.78, 5) is 11.6. The number of hydrogen-bond donors (Lipinski definition) is 2. The molecule has 0 aromatic carbocycles. The molecule has 0 aliphatic rings. The molecule has 3 heterocycles. The maximum absolute atomic E-state index is 6.03. The van der Waals surface area contributed by atoms with Gasteiger partial charge in [0.15, 0.2) is 5.15 Å². The molecule has 2 N–H and O–H groups in total. The second-order valence-corrected chi connectivity index (χ2v) is 4.64. The third-order valence-electron chi connectivity index (χ3n) is 2.90. The number of fused-ring (bicyclic) bond motifs is 1. The summed E-state index contributed by atoms with van der Waals surface area (Å²) in [7, 11) is 0. The number of halogens is 1. The van der Waals surface area contributed by atoms with E-state index < -0.39 is 0 Å². The Kier molecular flexibility index (Phi) is 3.44. The van der Waals surface area contributed by atoms with Gasteiger partial charge in [-0.3, -0.25) is 4.98 Å². The van der Waals surface area contributed by atoms with Gasteiger partial charge in [0, 0.05) is 36.6 Å². The number of pyridine rings is 2. The van der Waals surface area contributed by atoms with Crippen LogP contribution in [0.1, 0.15) is 11.4 Å². The monoisotopic (exact) mass is 272 g/mol. The topological polar surface area (TPSA) is 53.6 Å². The van der Waals surface area contributed by atoms with Crippen LogP contribution >= 0.6 is 11.6 Å². The number of nitrogens with zero attached hydrogens (tertiary/aromatic N) is 2. The number of aromatic amines is 1. The summed E-state index contributed by atoms with van der Waals surface area (Å²) >= 11 is 6.03. The van der Waals surface area contributed by atoms with E-state index >= 15 is 0 Å². The molecule has 0 saturated carbocycles. The van der Waals surface area contributed by atoms with E-state index in [-0.39, 0.29) is 0 Å². The van der Waals surface area contributed by atoms with Crippen LogP contribution in [0.25, 0.3) is 10.9 Å². The van der Waals surface area contributed by atoms with Gasteiger partial charge in [-0.1, -0.05) is 17.7 Å². The molecule has 4 nitrogen and oxygen atoms in total. The Morgan fingerprint density at radius 3 is 2.84 bits per heavy atom. The maximum atomic E-state index is 6.03. The van der Waals surface area contributed by atoms with Gasteiger partial charge in [-0.25, -0.2) is 4.98 Å². The molecule has 0 radical (unpaired) electrons. The molecule has 0 saturated heterocycles. The van der Waals surface area contributed by atoms with Crippen LogP contribution in [0, 0.1) is 0 Å². The van der Waals surface area contributed by atoms with E-state index in [1.807, 2.05) is 24.3 Å². The molecule has 19 heavy (non-hydrogen) atoms. The quantitative estimate of drug-likeness (QED) is 0.718. The van der Waals surface area contributed by atoms with Crippen molar-refractivity contribution in [3.63, 3.8) is 0 Å². The molecule has 0 spiro atoms. The van der Waals surface area contributed by atoms with Crippen molar-refractivity contribution < 1.29 is 0 Å². The van der Waals surface area contributed by atoms with Gasteiger partial charge in [-0.05, 0) is 24.3 Å². The van der Waals surface area contributed by atoms with Crippen LogP contribution in [0.3, 0.4) is 0 Å². The summed E-state index contributed by atoms with van der Waals surface area (Å²) < 4.78 is 0. The fourth-order valence-corrected chi connectivity index (χ4v) is 2.21. The largest absolute Gasteiger partial charge is 0.355 e. The first-order chi connectivity index (χ1) is 9.33. The standard InChI is InChI=1S/C14H13ClN4/c15-14-13-10(4-6-18-14)7-12(19-13)9-16-8-11-3-1-2-5-17-11/h1-7,16,19H,8-9H2. The molecule has 0 aliphatic heterocycles. The Labute approximate surface area is 115 Å². The molecule has 0 atom stereocenters. The molecule has 5 heteroatoms. The maximum Gasteiger partial charge on any atom is 0.153 e. The van der Waals surface area contributed by atoms with Crippen molar-refractivity contribution in [1.82, 2.24) is 20.3 Å². The van der Waals surface area contributed by atoms with Crippen molar-refractivity contribution in [1.29, 1.82) is 0 Å². The fraction of sp³-hybridized carbons (Fsp3) is 0.143. The van der Waals surface area contributed by atoms with Gasteiger partial charge in [-0.15, -0.1) is 0 Å². The van der Waals surface area contributed by atoms with Crippen molar-refractivity contribution in [2.24, 2.45) is 0 Å². The van der Waals surface area contributed by atoms with Gasteiger partial charge in [0.2, 0.25) is 0 Å². The number of hydrogen-bond acceptors (Lipinski definition) is 3. The van der Waals surface area contributed by atoms with Crippen LogP contribution < -0.4 is 5.32 Å². The van der Waals surface area contributed by atoms with Crippen LogP contribution in [-0.4, -0.2) is 15.0 Å². The predicted molar refractivity (Wildman–Crippen MR) is 75.9 cm³/mol. The number of nitrogens with one attached hydrogen (secondary N) is 2. The summed E-state index contributed by atoms with van der Waals surface area (Å²) in [5, 5.41) is 4.93. The predicted octanol–water partition coefficient (Wildman–Crippen LogP) is 2.90. The van der Waals surface area contributed by atoms with Gasteiger partial charge in [0.1, 0.15) is 0 Å². The molecule has 0 fully saturated rings. The Bertz CT molecular complexity index is 678. The summed E-state index contributed by atoms with van der Waals surface area (Å²) in [5.74, 6) is 0. The first-order valence-electron chi connectivity index (χ1n) is 6.05. The van der Waals surface area contributed by atoms with E-state index in [0.717, 1.165) is 35.4 Å². The zero-order valence-electron chi connectivity index (χ0n) is 10.2. The van der Waals surface area contributed by atoms with E-state index in [0.29, 0.717) is 5.15 Å². The van der Waals surface area contributed by atoms with E-state index in [4.69, 9.17) is 11.6 Å². The normalized spacial score (nSPS) is 11.0. The Morgan fingerprint density at radius 1 is 1.11 bits per heavy atom.